The van der Waals surface area contributed by atoms with Crippen molar-refractivity contribution >= 4 is 22.6 Å². The van der Waals surface area contributed by atoms with Crippen LogP contribution in [-0.4, -0.2) is 11.7 Å². The van der Waals surface area contributed by atoms with Crippen LogP contribution in [-0.2, 0) is 0 Å². The zero-order valence-electron chi connectivity index (χ0n) is 15.9. The molecule has 0 atom stereocenters. The minimum absolute atomic E-state index is 0.124. The van der Waals surface area contributed by atoms with Gasteiger partial charge in [-0.25, -0.2) is 4.99 Å². The Bertz CT molecular complexity index is 1190. The van der Waals surface area contributed by atoms with Crippen molar-refractivity contribution in [2.24, 2.45) is 10.7 Å². The Kier molecular flexibility index (Phi) is 4.53. The van der Waals surface area contributed by atoms with Crippen LogP contribution in [0, 0.1) is 19.3 Å². The van der Waals surface area contributed by atoms with E-state index >= 15 is 0 Å². The minimum atomic E-state index is 0.124. The number of furan rings is 1. The fraction of sp³-hybridized carbons (Fsp3) is 0.0833. The lowest BCUT2D eigenvalue weighted by Crippen LogP contribution is -2.16. The summed E-state index contributed by atoms with van der Waals surface area (Å²) in [5, 5.41) is 9.38. The summed E-state index contributed by atoms with van der Waals surface area (Å²) in [6.45, 7) is 3.92. The van der Waals surface area contributed by atoms with Gasteiger partial charge < -0.3 is 10.2 Å². The zero-order chi connectivity index (χ0) is 19.7. The largest absolute Gasteiger partial charge is 0.461 e. The molecule has 0 bridgehead atoms. The van der Waals surface area contributed by atoms with Crippen molar-refractivity contribution in [1.29, 1.82) is 5.41 Å². The van der Waals surface area contributed by atoms with Gasteiger partial charge in [0, 0.05) is 16.5 Å². The van der Waals surface area contributed by atoms with Crippen molar-refractivity contribution in [1.82, 2.24) is 0 Å². The van der Waals surface area contributed by atoms with Crippen LogP contribution in [0.1, 0.15) is 22.5 Å². The number of hydrogen-bond donors (Lipinski definition) is 2. The Morgan fingerprint density at radius 3 is 2.25 bits per heavy atom. The molecule has 1 heterocycles. The smallest absolute Gasteiger partial charge is 0.154 e. The number of aryl methyl sites for hydroxylation is 2. The van der Waals surface area contributed by atoms with E-state index in [4.69, 9.17) is 15.6 Å². The van der Waals surface area contributed by atoms with Crippen LogP contribution >= 0.6 is 0 Å². The Hall–Kier alpha value is -3.66. The van der Waals surface area contributed by atoms with Crippen LogP contribution in [0.2, 0.25) is 0 Å². The first-order valence-corrected chi connectivity index (χ1v) is 9.12. The number of aliphatic imine (C=N–C) groups is 1. The molecule has 4 aromatic rings. The van der Waals surface area contributed by atoms with E-state index in [1.54, 1.807) is 0 Å². The Labute approximate surface area is 163 Å². The van der Waals surface area contributed by atoms with Gasteiger partial charge in [-0.2, -0.15) is 0 Å². The second-order valence-electron chi connectivity index (χ2n) is 6.75. The first kappa shape index (κ1) is 17.7. The third-order valence-corrected chi connectivity index (χ3v) is 4.97. The maximum absolute atomic E-state index is 8.47. The summed E-state index contributed by atoms with van der Waals surface area (Å²) in [4.78, 5) is 4.36. The van der Waals surface area contributed by atoms with E-state index in [0.29, 0.717) is 5.84 Å². The van der Waals surface area contributed by atoms with E-state index < -0.39 is 0 Å². The molecule has 0 radical (unpaired) electrons. The summed E-state index contributed by atoms with van der Waals surface area (Å²) >= 11 is 0. The topological polar surface area (TPSA) is 75.4 Å². The summed E-state index contributed by atoms with van der Waals surface area (Å²) < 4.78 is 5.76. The molecular weight excluding hydrogens is 346 g/mol. The molecule has 4 rings (SSSR count). The lowest BCUT2D eigenvalue weighted by molar-refractivity contribution is 0.575. The van der Waals surface area contributed by atoms with Crippen molar-refractivity contribution in [2.75, 3.05) is 0 Å². The molecule has 0 amide bonds. The summed E-state index contributed by atoms with van der Waals surface area (Å²) in [5.41, 5.74) is 11.7. The van der Waals surface area contributed by atoms with Gasteiger partial charge in [0.1, 0.15) is 17.2 Å². The van der Waals surface area contributed by atoms with Gasteiger partial charge in [0.15, 0.2) is 5.84 Å². The highest BCUT2D eigenvalue weighted by Gasteiger charge is 2.14. The van der Waals surface area contributed by atoms with E-state index in [1.165, 1.54) is 0 Å². The molecule has 0 saturated heterocycles. The van der Waals surface area contributed by atoms with Gasteiger partial charge in [0.2, 0.25) is 0 Å². The van der Waals surface area contributed by atoms with Gasteiger partial charge >= 0.3 is 0 Å². The predicted octanol–water partition coefficient (Wildman–Crippen LogP) is 5.45. The first-order valence-electron chi connectivity index (χ1n) is 9.12. The van der Waals surface area contributed by atoms with E-state index in [2.05, 4.69) is 17.1 Å². The van der Waals surface area contributed by atoms with Gasteiger partial charge in [-0.15, -0.1) is 0 Å². The molecule has 3 N–H and O–H groups in total. The first-order chi connectivity index (χ1) is 13.5. The molecule has 0 aliphatic rings. The van der Waals surface area contributed by atoms with E-state index in [0.717, 1.165) is 44.5 Å². The molecule has 0 saturated carbocycles. The van der Waals surface area contributed by atoms with Gasteiger partial charge in [0.05, 0.1) is 0 Å². The van der Waals surface area contributed by atoms with E-state index in [9.17, 15) is 0 Å². The normalized spacial score (nSPS) is 11.7. The van der Waals surface area contributed by atoms with Crippen LogP contribution in [0.4, 0.5) is 0 Å². The van der Waals surface area contributed by atoms with Crippen LogP contribution in [0.15, 0.2) is 82.2 Å². The molecule has 0 spiro atoms. The SMILES string of the molecule is Cc1oc2cccc(C(=N)N=C(N)c3ccc(-c4ccccc4)cc3)c2c1C. The summed E-state index contributed by atoms with van der Waals surface area (Å²) in [6, 6.07) is 23.7. The predicted molar refractivity (Wildman–Crippen MR) is 115 cm³/mol. The fourth-order valence-corrected chi connectivity index (χ4v) is 3.33. The highest BCUT2D eigenvalue weighted by molar-refractivity contribution is 6.15. The quantitative estimate of drug-likeness (QED) is 0.373. The second kappa shape index (κ2) is 7.16. The number of nitrogens with one attached hydrogen (secondary N) is 1. The molecular formula is C24H21N3O. The number of rotatable bonds is 3. The average molecular weight is 367 g/mol. The lowest BCUT2D eigenvalue weighted by Gasteiger charge is -2.06. The summed E-state index contributed by atoms with van der Waals surface area (Å²) in [5.74, 6) is 1.29. The van der Waals surface area contributed by atoms with Gasteiger partial charge in [-0.1, -0.05) is 66.7 Å². The number of nitrogens with two attached hydrogens (primary N) is 1. The third-order valence-electron chi connectivity index (χ3n) is 4.97. The monoisotopic (exact) mass is 367 g/mol. The van der Waals surface area contributed by atoms with E-state index in [-0.39, 0.29) is 5.84 Å². The van der Waals surface area contributed by atoms with Gasteiger partial charge in [-0.3, -0.25) is 5.41 Å². The third kappa shape index (κ3) is 3.21. The molecule has 3 aromatic carbocycles. The molecule has 0 fully saturated rings. The Morgan fingerprint density at radius 1 is 0.857 bits per heavy atom. The number of benzene rings is 3. The van der Waals surface area contributed by atoms with Crippen molar-refractivity contribution in [2.45, 2.75) is 13.8 Å². The molecule has 28 heavy (non-hydrogen) atoms. The molecule has 0 aliphatic heterocycles. The average Bonchev–Trinajstić information content (AvgIpc) is 3.02. The zero-order valence-corrected chi connectivity index (χ0v) is 15.9. The molecule has 0 aliphatic carbocycles. The molecule has 4 heteroatoms. The van der Waals surface area contributed by atoms with Gasteiger partial charge in [-0.05, 0) is 36.6 Å². The molecule has 138 valence electrons. The van der Waals surface area contributed by atoms with Gasteiger partial charge in [0.25, 0.3) is 0 Å². The second-order valence-corrected chi connectivity index (χ2v) is 6.75. The standard InChI is InChI=1S/C24H21N3O/c1-15-16(2)28-21-10-6-9-20(22(15)21)24(26)27-23(25)19-13-11-18(12-14-19)17-7-4-3-5-8-17/h3-14H,1-2H3,(H3,25,26,27). The van der Waals surface area contributed by atoms with Crippen molar-refractivity contribution in [3.8, 4) is 11.1 Å². The summed E-state index contributed by atoms with van der Waals surface area (Å²) in [6.07, 6.45) is 0. The van der Waals surface area contributed by atoms with Crippen LogP contribution in [0.5, 0.6) is 0 Å². The highest BCUT2D eigenvalue weighted by Crippen LogP contribution is 2.28. The lowest BCUT2D eigenvalue weighted by atomic mass is 10.0. The Morgan fingerprint density at radius 2 is 1.54 bits per heavy atom. The van der Waals surface area contributed by atoms with Crippen molar-refractivity contribution in [3.63, 3.8) is 0 Å². The van der Waals surface area contributed by atoms with Crippen molar-refractivity contribution in [3.05, 3.63) is 95.2 Å². The van der Waals surface area contributed by atoms with E-state index in [1.807, 2.05) is 74.5 Å². The van der Waals surface area contributed by atoms with Crippen LogP contribution < -0.4 is 5.73 Å². The van der Waals surface area contributed by atoms with Crippen LogP contribution in [0.3, 0.4) is 0 Å². The summed E-state index contributed by atoms with van der Waals surface area (Å²) in [7, 11) is 0. The highest BCUT2D eigenvalue weighted by atomic mass is 16.3. The maximum atomic E-state index is 8.47. The maximum Gasteiger partial charge on any atom is 0.154 e. The minimum Gasteiger partial charge on any atom is -0.461 e. The number of amidine groups is 2. The Balaban J connectivity index is 1.65. The number of hydrogen-bond acceptors (Lipinski definition) is 2. The fourth-order valence-electron chi connectivity index (χ4n) is 3.33. The number of nitrogens with zero attached hydrogens (tertiary/aromatic N) is 1. The molecule has 4 nitrogen and oxygen atoms in total. The molecule has 1 aromatic heterocycles. The number of fused-ring (bicyclic) bond motifs is 1. The van der Waals surface area contributed by atoms with Crippen molar-refractivity contribution < 1.29 is 4.42 Å². The van der Waals surface area contributed by atoms with Crippen LogP contribution in [0.25, 0.3) is 22.1 Å². The molecule has 0 unspecified atom stereocenters.